The molecule has 2 aromatic carbocycles. The number of carboxylic acids is 1. The smallest absolute Gasteiger partial charge is 0.335 e. The molecule has 6 heteroatoms. The summed E-state index contributed by atoms with van der Waals surface area (Å²) in [4.78, 5) is 23.1. The predicted octanol–water partition coefficient (Wildman–Crippen LogP) is 3.89. The SMILES string of the molecule is CCOc1ccc(OCCCC(=O)Nc2cc(C(=O)O)ccc2C)cc1. The molecule has 0 bridgehead atoms. The van der Waals surface area contributed by atoms with Crippen LogP contribution in [0.15, 0.2) is 42.5 Å². The van der Waals surface area contributed by atoms with Crippen molar-refractivity contribution in [2.75, 3.05) is 18.5 Å². The number of ether oxygens (including phenoxy) is 2. The van der Waals surface area contributed by atoms with Gasteiger partial charge in [-0.3, -0.25) is 4.79 Å². The molecule has 0 spiro atoms. The fourth-order valence-electron chi connectivity index (χ4n) is 2.32. The fourth-order valence-corrected chi connectivity index (χ4v) is 2.32. The van der Waals surface area contributed by atoms with Gasteiger partial charge in [-0.05, 0) is 62.2 Å². The van der Waals surface area contributed by atoms with Crippen LogP contribution in [0.4, 0.5) is 5.69 Å². The molecule has 0 aliphatic heterocycles. The van der Waals surface area contributed by atoms with Crippen molar-refractivity contribution in [3.05, 3.63) is 53.6 Å². The third-order valence-corrected chi connectivity index (χ3v) is 3.71. The number of aryl methyl sites for hydroxylation is 1. The maximum absolute atomic E-state index is 12.0. The first-order valence-corrected chi connectivity index (χ1v) is 8.49. The lowest BCUT2D eigenvalue weighted by molar-refractivity contribution is -0.116. The number of carboxylic acid groups (broad SMARTS) is 1. The number of rotatable bonds is 9. The highest BCUT2D eigenvalue weighted by Gasteiger charge is 2.09. The van der Waals surface area contributed by atoms with Crippen LogP contribution in [0.5, 0.6) is 11.5 Å². The lowest BCUT2D eigenvalue weighted by Gasteiger charge is -2.10. The Labute approximate surface area is 152 Å². The summed E-state index contributed by atoms with van der Waals surface area (Å²) in [6.07, 6.45) is 0.838. The predicted molar refractivity (Wildman–Crippen MR) is 99.1 cm³/mol. The van der Waals surface area contributed by atoms with Crippen molar-refractivity contribution in [3.63, 3.8) is 0 Å². The van der Waals surface area contributed by atoms with E-state index in [1.165, 1.54) is 12.1 Å². The number of anilines is 1. The Bertz CT molecular complexity index is 755. The molecule has 0 unspecified atom stereocenters. The molecule has 0 radical (unpaired) electrons. The number of aromatic carboxylic acids is 1. The topological polar surface area (TPSA) is 84.9 Å². The van der Waals surface area contributed by atoms with E-state index in [9.17, 15) is 9.59 Å². The van der Waals surface area contributed by atoms with Crippen LogP contribution in [0.3, 0.4) is 0 Å². The standard InChI is InChI=1S/C20H23NO5/c1-3-25-16-8-10-17(11-9-16)26-12-4-5-19(22)21-18-13-15(20(23)24)7-6-14(18)2/h6-11,13H,3-5,12H2,1-2H3,(H,21,22)(H,23,24). The van der Waals surface area contributed by atoms with E-state index >= 15 is 0 Å². The summed E-state index contributed by atoms with van der Waals surface area (Å²) in [6, 6.07) is 12.0. The molecule has 0 aromatic heterocycles. The fraction of sp³-hybridized carbons (Fsp3) is 0.300. The molecule has 0 aliphatic rings. The quantitative estimate of drug-likeness (QED) is 0.665. The van der Waals surface area contributed by atoms with E-state index in [1.54, 1.807) is 6.07 Å². The van der Waals surface area contributed by atoms with Gasteiger partial charge in [0.15, 0.2) is 0 Å². The summed E-state index contributed by atoms with van der Waals surface area (Å²) in [5, 5.41) is 11.8. The maximum Gasteiger partial charge on any atom is 0.335 e. The van der Waals surface area contributed by atoms with Gasteiger partial charge >= 0.3 is 5.97 Å². The van der Waals surface area contributed by atoms with Crippen molar-refractivity contribution >= 4 is 17.6 Å². The van der Waals surface area contributed by atoms with Crippen LogP contribution < -0.4 is 14.8 Å². The van der Waals surface area contributed by atoms with Gasteiger partial charge in [-0.15, -0.1) is 0 Å². The second-order valence-electron chi connectivity index (χ2n) is 5.74. The van der Waals surface area contributed by atoms with Gasteiger partial charge in [0.05, 0.1) is 18.8 Å². The molecule has 0 aliphatic carbocycles. The zero-order valence-electron chi connectivity index (χ0n) is 15.0. The Kier molecular flexibility index (Phi) is 7.02. The summed E-state index contributed by atoms with van der Waals surface area (Å²) in [6.45, 7) is 4.77. The van der Waals surface area contributed by atoms with E-state index in [4.69, 9.17) is 14.6 Å². The van der Waals surface area contributed by atoms with E-state index in [2.05, 4.69) is 5.32 Å². The van der Waals surface area contributed by atoms with E-state index in [-0.39, 0.29) is 17.9 Å². The number of carbonyl (C=O) groups excluding carboxylic acids is 1. The van der Waals surface area contributed by atoms with Crippen molar-refractivity contribution in [1.82, 2.24) is 0 Å². The minimum Gasteiger partial charge on any atom is -0.494 e. The highest BCUT2D eigenvalue weighted by molar-refractivity contribution is 5.94. The lowest BCUT2D eigenvalue weighted by Crippen LogP contribution is -2.14. The summed E-state index contributed by atoms with van der Waals surface area (Å²) in [7, 11) is 0. The maximum atomic E-state index is 12.0. The second kappa shape index (κ2) is 9.46. The molecule has 2 aromatic rings. The first-order chi connectivity index (χ1) is 12.5. The van der Waals surface area contributed by atoms with Crippen molar-refractivity contribution < 1.29 is 24.2 Å². The molecule has 0 fully saturated rings. The van der Waals surface area contributed by atoms with Crippen LogP contribution >= 0.6 is 0 Å². The van der Waals surface area contributed by atoms with Crippen LogP contribution in [-0.4, -0.2) is 30.2 Å². The molecular weight excluding hydrogens is 334 g/mol. The van der Waals surface area contributed by atoms with E-state index in [0.717, 1.165) is 17.1 Å². The molecule has 2 N–H and O–H groups in total. The van der Waals surface area contributed by atoms with Gasteiger partial charge in [-0.25, -0.2) is 4.79 Å². The molecule has 1 amide bonds. The zero-order valence-corrected chi connectivity index (χ0v) is 15.0. The van der Waals surface area contributed by atoms with E-state index in [1.807, 2.05) is 38.1 Å². The van der Waals surface area contributed by atoms with Gasteiger partial charge in [0.2, 0.25) is 5.91 Å². The Balaban J connectivity index is 1.77. The minimum absolute atomic E-state index is 0.143. The van der Waals surface area contributed by atoms with Crippen LogP contribution in [0.2, 0.25) is 0 Å². The zero-order chi connectivity index (χ0) is 18.9. The Morgan fingerprint density at radius 3 is 2.31 bits per heavy atom. The van der Waals surface area contributed by atoms with Crippen LogP contribution in [-0.2, 0) is 4.79 Å². The molecule has 2 rings (SSSR count). The third-order valence-electron chi connectivity index (χ3n) is 3.71. The van der Waals surface area contributed by atoms with Crippen molar-refractivity contribution in [2.45, 2.75) is 26.7 Å². The van der Waals surface area contributed by atoms with Crippen LogP contribution in [0, 0.1) is 6.92 Å². The summed E-state index contributed by atoms with van der Waals surface area (Å²) in [5.41, 5.74) is 1.47. The highest BCUT2D eigenvalue weighted by Crippen LogP contribution is 2.19. The summed E-state index contributed by atoms with van der Waals surface area (Å²) >= 11 is 0. The number of benzene rings is 2. The van der Waals surface area contributed by atoms with Crippen molar-refractivity contribution in [2.24, 2.45) is 0 Å². The molecule has 26 heavy (non-hydrogen) atoms. The largest absolute Gasteiger partial charge is 0.494 e. The summed E-state index contributed by atoms with van der Waals surface area (Å²) < 4.78 is 11.0. The van der Waals surface area contributed by atoms with Crippen molar-refractivity contribution in [1.29, 1.82) is 0 Å². The third kappa shape index (κ3) is 5.81. The number of hydrogen-bond acceptors (Lipinski definition) is 4. The van der Waals surface area contributed by atoms with Crippen LogP contribution in [0.1, 0.15) is 35.7 Å². The molecular formula is C20H23NO5. The Morgan fingerprint density at radius 1 is 1.04 bits per heavy atom. The van der Waals surface area contributed by atoms with Gasteiger partial charge < -0.3 is 19.9 Å². The molecule has 0 heterocycles. The lowest BCUT2D eigenvalue weighted by atomic mass is 10.1. The van der Waals surface area contributed by atoms with Gasteiger partial charge in [0, 0.05) is 12.1 Å². The van der Waals surface area contributed by atoms with Crippen LogP contribution in [0.25, 0.3) is 0 Å². The van der Waals surface area contributed by atoms with Gasteiger partial charge in [-0.1, -0.05) is 6.07 Å². The summed E-state index contributed by atoms with van der Waals surface area (Å²) in [5.74, 6) is 0.312. The number of carbonyl (C=O) groups is 2. The number of hydrogen-bond donors (Lipinski definition) is 2. The number of amides is 1. The number of nitrogens with one attached hydrogen (secondary N) is 1. The normalized spacial score (nSPS) is 10.2. The Hall–Kier alpha value is -3.02. The first kappa shape index (κ1) is 19.3. The monoisotopic (exact) mass is 357 g/mol. The molecule has 0 saturated carbocycles. The highest BCUT2D eigenvalue weighted by atomic mass is 16.5. The van der Waals surface area contributed by atoms with Gasteiger partial charge in [0.1, 0.15) is 11.5 Å². The second-order valence-corrected chi connectivity index (χ2v) is 5.74. The molecule has 6 nitrogen and oxygen atoms in total. The minimum atomic E-state index is -1.02. The molecule has 0 saturated heterocycles. The average Bonchev–Trinajstić information content (AvgIpc) is 2.62. The molecule has 0 atom stereocenters. The van der Waals surface area contributed by atoms with Gasteiger partial charge in [-0.2, -0.15) is 0 Å². The Morgan fingerprint density at radius 2 is 1.69 bits per heavy atom. The van der Waals surface area contributed by atoms with Crippen molar-refractivity contribution in [3.8, 4) is 11.5 Å². The van der Waals surface area contributed by atoms with E-state index in [0.29, 0.717) is 25.3 Å². The molecule has 138 valence electrons. The first-order valence-electron chi connectivity index (χ1n) is 8.49. The van der Waals surface area contributed by atoms with Gasteiger partial charge in [0.25, 0.3) is 0 Å². The average molecular weight is 357 g/mol. The van der Waals surface area contributed by atoms with E-state index < -0.39 is 5.97 Å².